The van der Waals surface area contributed by atoms with E-state index in [1.807, 2.05) is 11.9 Å². The highest BCUT2D eigenvalue weighted by Gasteiger charge is 2.36. The molecule has 2 unspecified atom stereocenters. The van der Waals surface area contributed by atoms with E-state index in [4.69, 9.17) is 23.2 Å². The van der Waals surface area contributed by atoms with Gasteiger partial charge in [-0.05, 0) is 31.7 Å². The molecule has 0 radical (unpaired) electrons. The van der Waals surface area contributed by atoms with Gasteiger partial charge in [0.25, 0.3) is 0 Å². The molecule has 2 atom stereocenters. The number of thiophene rings is 1. The minimum absolute atomic E-state index is 0. The Morgan fingerprint density at radius 3 is 2.42 bits per heavy atom. The number of fused-ring (bicyclic) bond motifs is 2. The molecule has 1 aromatic rings. The topological polar surface area (TPSA) is 49.4 Å². The van der Waals surface area contributed by atoms with Crippen LogP contribution in [0.1, 0.15) is 48.9 Å². The average Bonchev–Trinajstić information content (AvgIpc) is 3.04. The molecule has 2 aliphatic heterocycles. The number of hydrogen-bond donors (Lipinski definition) is 1. The van der Waals surface area contributed by atoms with Crippen molar-refractivity contribution < 1.29 is 9.59 Å². The van der Waals surface area contributed by atoms with Gasteiger partial charge in [-0.1, -0.05) is 23.2 Å². The van der Waals surface area contributed by atoms with Crippen molar-refractivity contribution >= 4 is 58.6 Å². The van der Waals surface area contributed by atoms with Gasteiger partial charge in [-0.3, -0.25) is 9.59 Å². The smallest absolute Gasteiger partial charge is 0.223 e. The van der Waals surface area contributed by atoms with Crippen molar-refractivity contribution in [3.05, 3.63) is 20.3 Å². The van der Waals surface area contributed by atoms with E-state index in [2.05, 4.69) is 5.32 Å². The second-order valence-electron chi connectivity index (χ2n) is 6.43. The quantitative estimate of drug-likeness (QED) is 0.739. The van der Waals surface area contributed by atoms with Crippen LogP contribution in [0.25, 0.3) is 0 Å². The Hall–Kier alpha value is -0.330. The Morgan fingerprint density at radius 1 is 1.25 bits per heavy atom. The van der Waals surface area contributed by atoms with E-state index in [1.54, 1.807) is 6.07 Å². The first-order valence-corrected chi connectivity index (χ1v) is 9.51. The van der Waals surface area contributed by atoms with Crippen LogP contribution in [0.15, 0.2) is 6.07 Å². The molecule has 8 heteroatoms. The molecule has 3 heterocycles. The summed E-state index contributed by atoms with van der Waals surface area (Å²) in [7, 11) is 1.86. The standard InChI is InChI=1S/C16H20Cl2N2O2S.ClH/c1-20(11-6-9-2-3-10(7-11)19-9)15(22)5-4-13(21)12-8-14(17)23-16(12)18;/h8-11,19H,2-7H2,1H3;1H. The summed E-state index contributed by atoms with van der Waals surface area (Å²) in [5, 5.41) is 3.58. The third-order valence-corrected chi connectivity index (χ3v) is 6.40. The SMILES string of the molecule is CN(C(=O)CCC(=O)c1cc(Cl)sc1Cl)C1CC2CCC(C1)N2.Cl. The lowest BCUT2D eigenvalue weighted by Crippen LogP contribution is -2.48. The van der Waals surface area contributed by atoms with Gasteiger partial charge in [-0.25, -0.2) is 0 Å². The number of amides is 1. The molecule has 1 N–H and O–H groups in total. The number of nitrogens with one attached hydrogen (secondary N) is 1. The van der Waals surface area contributed by atoms with Gasteiger partial charge in [-0.2, -0.15) is 0 Å². The molecule has 134 valence electrons. The zero-order valence-corrected chi connectivity index (χ0v) is 16.5. The van der Waals surface area contributed by atoms with Gasteiger partial charge < -0.3 is 10.2 Å². The molecule has 0 spiro atoms. The van der Waals surface area contributed by atoms with Crippen molar-refractivity contribution in [3.8, 4) is 0 Å². The highest BCUT2D eigenvalue weighted by Crippen LogP contribution is 2.32. The minimum atomic E-state index is -0.120. The monoisotopic (exact) mass is 410 g/mol. The molecule has 2 saturated heterocycles. The maximum absolute atomic E-state index is 12.4. The second-order valence-corrected chi connectivity index (χ2v) is 8.71. The molecule has 2 fully saturated rings. The van der Waals surface area contributed by atoms with Crippen molar-refractivity contribution in [3.63, 3.8) is 0 Å². The number of rotatable bonds is 5. The number of nitrogens with zero attached hydrogens (tertiary/aromatic N) is 1. The fourth-order valence-corrected chi connectivity index (χ4v) is 5.11. The van der Waals surface area contributed by atoms with Crippen molar-refractivity contribution in [2.45, 2.75) is 56.7 Å². The van der Waals surface area contributed by atoms with Crippen LogP contribution in [0.5, 0.6) is 0 Å². The zero-order chi connectivity index (χ0) is 16.6. The lowest BCUT2D eigenvalue weighted by atomic mass is 9.98. The van der Waals surface area contributed by atoms with Crippen LogP contribution in [0.3, 0.4) is 0 Å². The summed E-state index contributed by atoms with van der Waals surface area (Å²) in [6, 6.07) is 2.95. The molecule has 3 rings (SSSR count). The number of hydrogen-bond acceptors (Lipinski definition) is 4. The largest absolute Gasteiger partial charge is 0.343 e. The van der Waals surface area contributed by atoms with Crippen molar-refractivity contribution in [1.82, 2.24) is 10.2 Å². The van der Waals surface area contributed by atoms with E-state index in [-0.39, 0.29) is 43.0 Å². The number of carbonyl (C=O) groups is 2. The normalized spacial score (nSPS) is 25.2. The Kier molecular flexibility index (Phi) is 6.97. The third kappa shape index (κ3) is 4.44. The van der Waals surface area contributed by atoms with Crippen molar-refractivity contribution in [2.75, 3.05) is 7.05 Å². The fraction of sp³-hybridized carbons (Fsp3) is 0.625. The molecule has 0 aliphatic carbocycles. The molecular formula is C16H21Cl3N2O2S. The van der Waals surface area contributed by atoms with E-state index >= 15 is 0 Å². The van der Waals surface area contributed by atoms with Crippen LogP contribution in [-0.2, 0) is 4.79 Å². The number of Topliss-reactive ketones (excluding diaryl/α,β-unsaturated/α-hetero) is 1. The summed E-state index contributed by atoms with van der Waals surface area (Å²) < 4.78 is 0.891. The Morgan fingerprint density at radius 2 is 1.88 bits per heavy atom. The molecule has 2 aliphatic rings. The van der Waals surface area contributed by atoms with Crippen molar-refractivity contribution in [2.24, 2.45) is 0 Å². The lowest BCUT2D eigenvalue weighted by molar-refractivity contribution is -0.132. The van der Waals surface area contributed by atoms with E-state index in [1.165, 1.54) is 24.2 Å². The predicted molar refractivity (Wildman–Crippen MR) is 101 cm³/mol. The average molecular weight is 412 g/mol. The molecule has 1 amide bonds. The van der Waals surface area contributed by atoms with Crippen LogP contribution in [-0.4, -0.2) is 41.8 Å². The molecule has 0 saturated carbocycles. The highest BCUT2D eigenvalue weighted by molar-refractivity contribution is 7.20. The van der Waals surface area contributed by atoms with Gasteiger partial charge in [0.1, 0.15) is 4.34 Å². The highest BCUT2D eigenvalue weighted by atomic mass is 35.5. The van der Waals surface area contributed by atoms with Crippen LogP contribution in [0.4, 0.5) is 0 Å². The first-order chi connectivity index (χ1) is 10.9. The van der Waals surface area contributed by atoms with Gasteiger partial charge in [-0.15, -0.1) is 23.7 Å². The number of halogens is 3. The molecule has 4 nitrogen and oxygen atoms in total. The van der Waals surface area contributed by atoms with E-state index in [0.717, 1.165) is 12.8 Å². The maximum atomic E-state index is 12.4. The van der Waals surface area contributed by atoms with E-state index in [0.29, 0.717) is 26.3 Å². The Labute approximate surface area is 162 Å². The summed E-state index contributed by atoms with van der Waals surface area (Å²) >= 11 is 13.0. The number of carbonyl (C=O) groups excluding carboxylic acids is 2. The molecule has 1 aromatic heterocycles. The zero-order valence-electron chi connectivity index (χ0n) is 13.4. The first kappa shape index (κ1) is 20.0. The van der Waals surface area contributed by atoms with E-state index in [9.17, 15) is 9.59 Å². The molecule has 2 bridgehead atoms. The van der Waals surface area contributed by atoms with Crippen LogP contribution in [0.2, 0.25) is 8.67 Å². The second kappa shape index (κ2) is 8.37. The predicted octanol–water partition coefficient (Wildman–Crippen LogP) is 4.18. The number of piperidine rings is 1. The Bertz CT molecular complexity index is 610. The summed E-state index contributed by atoms with van der Waals surface area (Å²) in [4.78, 5) is 26.4. The van der Waals surface area contributed by atoms with E-state index < -0.39 is 0 Å². The lowest BCUT2D eigenvalue weighted by Gasteiger charge is -2.35. The van der Waals surface area contributed by atoms with Gasteiger partial charge in [0, 0.05) is 43.6 Å². The van der Waals surface area contributed by atoms with Crippen LogP contribution in [0, 0.1) is 0 Å². The van der Waals surface area contributed by atoms with Gasteiger partial charge in [0.15, 0.2) is 5.78 Å². The minimum Gasteiger partial charge on any atom is -0.343 e. The molecule has 0 aromatic carbocycles. The van der Waals surface area contributed by atoms with Crippen LogP contribution >= 0.6 is 46.9 Å². The molecule has 24 heavy (non-hydrogen) atoms. The van der Waals surface area contributed by atoms with Gasteiger partial charge in [0.2, 0.25) is 5.91 Å². The third-order valence-electron chi connectivity index (χ3n) is 4.91. The van der Waals surface area contributed by atoms with Gasteiger partial charge in [0.05, 0.1) is 4.34 Å². The van der Waals surface area contributed by atoms with Gasteiger partial charge >= 0.3 is 0 Å². The fourth-order valence-electron chi connectivity index (χ4n) is 3.61. The summed E-state index contributed by atoms with van der Waals surface area (Å²) in [6.45, 7) is 0. The van der Waals surface area contributed by atoms with Crippen molar-refractivity contribution in [1.29, 1.82) is 0 Å². The molecular weight excluding hydrogens is 391 g/mol. The summed E-state index contributed by atoms with van der Waals surface area (Å²) in [5.41, 5.74) is 0.428. The first-order valence-electron chi connectivity index (χ1n) is 7.93. The van der Waals surface area contributed by atoms with Crippen LogP contribution < -0.4 is 5.32 Å². The maximum Gasteiger partial charge on any atom is 0.223 e. The number of ketones is 1. The summed E-state index contributed by atoms with van der Waals surface area (Å²) in [5.74, 6) is -0.0904. The Balaban J connectivity index is 0.00000208. The summed E-state index contributed by atoms with van der Waals surface area (Å²) in [6.07, 6.45) is 4.83.